The summed E-state index contributed by atoms with van der Waals surface area (Å²) in [7, 11) is 0. The van der Waals surface area contributed by atoms with Crippen LogP contribution in [0.4, 0.5) is 0 Å². The lowest BCUT2D eigenvalue weighted by atomic mass is 10.0. The third-order valence-electron chi connectivity index (χ3n) is 4.53. The molecule has 6 heteroatoms. The van der Waals surface area contributed by atoms with Crippen molar-refractivity contribution in [3.05, 3.63) is 34.3 Å². The second-order valence-corrected chi connectivity index (χ2v) is 7.82. The van der Waals surface area contributed by atoms with E-state index in [0.29, 0.717) is 6.54 Å². The van der Waals surface area contributed by atoms with Crippen molar-refractivity contribution in [1.29, 1.82) is 0 Å². The van der Waals surface area contributed by atoms with Gasteiger partial charge in [-0.15, -0.1) is 0 Å². The van der Waals surface area contributed by atoms with Crippen molar-refractivity contribution >= 4 is 27.7 Å². The van der Waals surface area contributed by atoms with Crippen molar-refractivity contribution in [2.24, 2.45) is 5.92 Å². The molecule has 1 aliphatic heterocycles. The molecule has 0 aromatic heterocycles. The Morgan fingerprint density at radius 1 is 1.32 bits per heavy atom. The highest BCUT2D eigenvalue weighted by Gasteiger charge is 2.18. The van der Waals surface area contributed by atoms with Gasteiger partial charge in [0.05, 0.1) is 12.5 Å². The number of likely N-dealkylation sites (tertiary alicyclic amines) is 1. The Kier molecular flexibility index (Phi) is 7.90. The lowest BCUT2D eigenvalue weighted by molar-refractivity contribution is -0.122. The molecule has 5 nitrogen and oxygen atoms in total. The number of carbonyl (C=O) groups is 2. The molecule has 0 bridgehead atoms. The van der Waals surface area contributed by atoms with Gasteiger partial charge in [-0.3, -0.25) is 9.59 Å². The van der Waals surface area contributed by atoms with E-state index in [9.17, 15) is 9.59 Å². The van der Waals surface area contributed by atoms with Crippen LogP contribution >= 0.6 is 15.9 Å². The van der Waals surface area contributed by atoms with Crippen LogP contribution < -0.4 is 10.6 Å². The maximum absolute atomic E-state index is 12.3. The first-order chi connectivity index (χ1) is 11.9. The molecule has 1 aromatic rings. The first-order valence-corrected chi connectivity index (χ1v) is 9.75. The summed E-state index contributed by atoms with van der Waals surface area (Å²) in [6, 6.07) is 7.37. The minimum atomic E-state index is -0.305. The first-order valence-electron chi connectivity index (χ1n) is 8.95. The largest absolute Gasteiger partial charge is 0.355 e. The molecule has 1 aromatic carbocycles. The van der Waals surface area contributed by atoms with Crippen LogP contribution in [0, 0.1) is 5.92 Å². The van der Waals surface area contributed by atoms with E-state index in [1.54, 1.807) is 0 Å². The number of carbonyl (C=O) groups excluding carboxylic acids is 2. The summed E-state index contributed by atoms with van der Waals surface area (Å²) in [5.41, 5.74) is 0.929. The van der Waals surface area contributed by atoms with Crippen LogP contribution in [-0.4, -0.2) is 42.9 Å². The Morgan fingerprint density at radius 2 is 2.04 bits per heavy atom. The number of rotatable bonds is 7. The van der Waals surface area contributed by atoms with E-state index >= 15 is 0 Å². The summed E-state index contributed by atoms with van der Waals surface area (Å²) in [6.07, 6.45) is 2.79. The molecule has 1 saturated heterocycles. The Morgan fingerprint density at radius 3 is 2.68 bits per heavy atom. The zero-order valence-corrected chi connectivity index (χ0v) is 16.6. The summed E-state index contributed by atoms with van der Waals surface area (Å²) in [6.45, 7) is 7.52. The highest BCUT2D eigenvalue weighted by atomic mass is 79.9. The molecule has 0 saturated carbocycles. The van der Waals surface area contributed by atoms with Crippen molar-refractivity contribution in [2.45, 2.75) is 39.2 Å². The molecular formula is C19H28BrN3O2. The lowest BCUT2D eigenvalue weighted by Crippen LogP contribution is -2.40. The first kappa shape index (κ1) is 19.9. The van der Waals surface area contributed by atoms with E-state index in [2.05, 4.69) is 38.4 Å². The Bertz CT molecular complexity index is 577. The smallest absolute Gasteiger partial charge is 0.222 e. The van der Waals surface area contributed by atoms with E-state index in [1.165, 1.54) is 19.8 Å². The summed E-state index contributed by atoms with van der Waals surface area (Å²) < 4.78 is 0.970. The fraction of sp³-hybridized carbons (Fsp3) is 0.579. The minimum Gasteiger partial charge on any atom is -0.355 e. The molecule has 1 aliphatic rings. The third kappa shape index (κ3) is 7.16. The van der Waals surface area contributed by atoms with Crippen molar-refractivity contribution in [2.75, 3.05) is 26.2 Å². The second-order valence-electron chi connectivity index (χ2n) is 6.91. The van der Waals surface area contributed by atoms with Crippen LogP contribution in [0.5, 0.6) is 0 Å². The molecule has 2 unspecified atom stereocenters. The van der Waals surface area contributed by atoms with Gasteiger partial charge in [-0.2, -0.15) is 0 Å². The summed E-state index contributed by atoms with van der Waals surface area (Å²) in [4.78, 5) is 26.2. The van der Waals surface area contributed by atoms with Gasteiger partial charge in [-0.1, -0.05) is 35.0 Å². The van der Waals surface area contributed by atoms with E-state index in [4.69, 9.17) is 0 Å². The van der Waals surface area contributed by atoms with Gasteiger partial charge in [0.1, 0.15) is 0 Å². The average molecular weight is 410 g/mol. The molecule has 2 atom stereocenters. The number of benzene rings is 1. The zero-order valence-electron chi connectivity index (χ0n) is 15.1. The maximum atomic E-state index is 12.3. The fourth-order valence-corrected chi connectivity index (χ4v) is 3.56. The van der Waals surface area contributed by atoms with Gasteiger partial charge < -0.3 is 15.5 Å². The SMILES string of the molecule is CC(=O)NC(CC(=O)NCCN1CCCC(C)C1)c1ccc(Br)cc1. The molecule has 1 fully saturated rings. The third-order valence-corrected chi connectivity index (χ3v) is 5.06. The molecule has 2 N–H and O–H groups in total. The monoisotopic (exact) mass is 409 g/mol. The molecule has 2 amide bonds. The number of amides is 2. The van der Waals surface area contributed by atoms with Gasteiger partial charge in [-0.05, 0) is 43.0 Å². The van der Waals surface area contributed by atoms with Gasteiger partial charge in [0, 0.05) is 31.0 Å². The molecule has 0 spiro atoms. The predicted molar refractivity (Wildman–Crippen MR) is 103 cm³/mol. The molecule has 2 rings (SSSR count). The van der Waals surface area contributed by atoms with Crippen molar-refractivity contribution in [3.63, 3.8) is 0 Å². The average Bonchev–Trinajstić information content (AvgIpc) is 2.54. The van der Waals surface area contributed by atoms with E-state index in [-0.39, 0.29) is 24.3 Å². The summed E-state index contributed by atoms with van der Waals surface area (Å²) in [5.74, 6) is 0.570. The molecule has 0 radical (unpaired) electrons. The second kappa shape index (κ2) is 9.92. The number of hydrogen-bond acceptors (Lipinski definition) is 3. The zero-order chi connectivity index (χ0) is 18.2. The van der Waals surface area contributed by atoms with Crippen LogP contribution in [-0.2, 0) is 9.59 Å². The molecule has 0 aliphatic carbocycles. The summed E-state index contributed by atoms with van der Waals surface area (Å²) in [5, 5.41) is 5.86. The Balaban J connectivity index is 1.82. The maximum Gasteiger partial charge on any atom is 0.222 e. The molecule has 1 heterocycles. The van der Waals surface area contributed by atoms with E-state index in [0.717, 1.165) is 35.6 Å². The number of nitrogens with zero attached hydrogens (tertiary/aromatic N) is 1. The van der Waals surface area contributed by atoms with E-state index < -0.39 is 0 Å². The van der Waals surface area contributed by atoms with Crippen LogP contribution in [0.2, 0.25) is 0 Å². The molecular weight excluding hydrogens is 382 g/mol. The van der Waals surface area contributed by atoms with Gasteiger partial charge in [0.15, 0.2) is 0 Å². The van der Waals surface area contributed by atoms with Gasteiger partial charge in [0.25, 0.3) is 0 Å². The van der Waals surface area contributed by atoms with Crippen LogP contribution in [0.3, 0.4) is 0 Å². The Hall–Kier alpha value is -1.40. The van der Waals surface area contributed by atoms with Gasteiger partial charge in [0.2, 0.25) is 11.8 Å². The normalized spacial score (nSPS) is 19.2. The van der Waals surface area contributed by atoms with E-state index in [1.807, 2.05) is 24.3 Å². The number of piperidine rings is 1. The van der Waals surface area contributed by atoms with Gasteiger partial charge in [-0.25, -0.2) is 0 Å². The highest BCUT2D eigenvalue weighted by Crippen LogP contribution is 2.20. The number of hydrogen-bond donors (Lipinski definition) is 2. The van der Waals surface area contributed by atoms with Gasteiger partial charge >= 0.3 is 0 Å². The number of halogens is 1. The van der Waals surface area contributed by atoms with Crippen molar-refractivity contribution < 1.29 is 9.59 Å². The van der Waals surface area contributed by atoms with Crippen LogP contribution in [0.1, 0.15) is 44.7 Å². The highest BCUT2D eigenvalue weighted by molar-refractivity contribution is 9.10. The minimum absolute atomic E-state index is 0.0354. The molecule has 138 valence electrons. The number of nitrogens with one attached hydrogen (secondary N) is 2. The van der Waals surface area contributed by atoms with Crippen LogP contribution in [0.15, 0.2) is 28.7 Å². The van der Waals surface area contributed by atoms with Crippen molar-refractivity contribution in [1.82, 2.24) is 15.5 Å². The molecule has 25 heavy (non-hydrogen) atoms. The predicted octanol–water partition coefficient (Wildman–Crippen LogP) is 2.86. The standard InChI is InChI=1S/C19H28BrN3O2/c1-14-4-3-10-23(13-14)11-9-21-19(25)12-18(22-15(2)24)16-5-7-17(20)8-6-16/h5-8,14,18H,3-4,9-13H2,1-2H3,(H,21,25)(H,22,24). The van der Waals surface area contributed by atoms with Crippen molar-refractivity contribution in [3.8, 4) is 0 Å². The fourth-order valence-electron chi connectivity index (χ4n) is 3.29. The topological polar surface area (TPSA) is 61.4 Å². The Labute approximate surface area is 158 Å². The quantitative estimate of drug-likeness (QED) is 0.727. The van der Waals surface area contributed by atoms with Crippen LogP contribution in [0.25, 0.3) is 0 Å². The summed E-state index contributed by atoms with van der Waals surface area (Å²) >= 11 is 3.40. The lowest BCUT2D eigenvalue weighted by Gasteiger charge is -2.30.